The number of carbonyl (C=O) groups excluding carboxylic acids is 2. The minimum Gasteiger partial charge on any atom is -0.322 e. The fraction of sp³-hybridized carbons (Fsp3) is 0.0556. The maximum atomic E-state index is 12.2. The summed E-state index contributed by atoms with van der Waals surface area (Å²) < 4.78 is 0. The number of pyridine rings is 1. The molecule has 3 rings (SSSR count). The van der Waals surface area contributed by atoms with Crippen LogP contribution in [0.25, 0.3) is 0 Å². The molecule has 2 amide bonds. The van der Waals surface area contributed by atoms with Gasteiger partial charge >= 0.3 is 0 Å². The van der Waals surface area contributed by atoms with E-state index in [9.17, 15) is 9.59 Å². The molecule has 24 heavy (non-hydrogen) atoms. The molecule has 2 N–H and O–H groups in total. The number of nitrogens with one attached hydrogen (secondary N) is 2. The Labute approximate surface area is 143 Å². The van der Waals surface area contributed by atoms with Crippen LogP contribution in [0.4, 0.5) is 11.4 Å². The predicted molar refractivity (Wildman–Crippen MR) is 95.6 cm³/mol. The van der Waals surface area contributed by atoms with Crippen molar-refractivity contribution in [3.05, 3.63) is 76.2 Å². The zero-order chi connectivity index (χ0) is 16.9. The number of anilines is 2. The van der Waals surface area contributed by atoms with Crippen LogP contribution in [0.1, 0.15) is 25.7 Å². The standard InChI is InChI=1S/C18H15N3O2S/c1-12-7-8-13(11-19-12)17(22)20-14-4-2-5-15(10-14)21-18(23)16-6-3-9-24-16/h2-11H,1H3,(H,20,22)(H,21,23). The van der Waals surface area contributed by atoms with Crippen molar-refractivity contribution in [1.82, 2.24) is 4.98 Å². The summed E-state index contributed by atoms with van der Waals surface area (Å²) in [6.07, 6.45) is 1.53. The van der Waals surface area contributed by atoms with Crippen LogP contribution in [0, 0.1) is 6.92 Å². The normalized spacial score (nSPS) is 10.2. The molecule has 2 aromatic heterocycles. The molecule has 0 unspecified atom stereocenters. The van der Waals surface area contributed by atoms with Crippen LogP contribution in [0.15, 0.2) is 60.1 Å². The Morgan fingerprint density at radius 3 is 2.33 bits per heavy atom. The number of amides is 2. The second-order valence-electron chi connectivity index (χ2n) is 5.15. The van der Waals surface area contributed by atoms with Gasteiger partial charge < -0.3 is 10.6 Å². The Hall–Kier alpha value is -2.99. The Kier molecular flexibility index (Phi) is 4.67. The predicted octanol–water partition coefficient (Wildman–Crippen LogP) is 3.96. The van der Waals surface area contributed by atoms with Gasteiger partial charge in [-0.15, -0.1) is 11.3 Å². The third-order valence-corrected chi connectivity index (χ3v) is 4.17. The number of nitrogens with zero attached hydrogens (tertiary/aromatic N) is 1. The van der Waals surface area contributed by atoms with Crippen molar-refractivity contribution in [2.75, 3.05) is 10.6 Å². The van der Waals surface area contributed by atoms with Gasteiger partial charge in [0.1, 0.15) is 0 Å². The molecule has 0 aliphatic carbocycles. The lowest BCUT2D eigenvalue weighted by Crippen LogP contribution is -2.13. The largest absolute Gasteiger partial charge is 0.322 e. The molecule has 0 bridgehead atoms. The van der Waals surface area contributed by atoms with Crippen LogP contribution in [0.2, 0.25) is 0 Å². The van der Waals surface area contributed by atoms with E-state index >= 15 is 0 Å². The van der Waals surface area contributed by atoms with E-state index in [0.29, 0.717) is 21.8 Å². The summed E-state index contributed by atoms with van der Waals surface area (Å²) in [5.74, 6) is -0.416. The zero-order valence-electron chi connectivity index (χ0n) is 12.9. The lowest BCUT2D eigenvalue weighted by atomic mass is 10.2. The second-order valence-corrected chi connectivity index (χ2v) is 6.10. The van der Waals surface area contributed by atoms with E-state index in [-0.39, 0.29) is 11.8 Å². The number of aryl methyl sites for hydroxylation is 1. The lowest BCUT2D eigenvalue weighted by molar-refractivity contribution is 0.102. The SMILES string of the molecule is Cc1ccc(C(=O)Nc2cccc(NC(=O)c3cccs3)c2)cn1. The molecule has 0 spiro atoms. The van der Waals surface area contributed by atoms with Crippen molar-refractivity contribution in [2.24, 2.45) is 0 Å². The van der Waals surface area contributed by atoms with Gasteiger partial charge in [-0.3, -0.25) is 14.6 Å². The molecule has 0 atom stereocenters. The van der Waals surface area contributed by atoms with Crippen molar-refractivity contribution in [3.8, 4) is 0 Å². The van der Waals surface area contributed by atoms with Gasteiger partial charge in [0.05, 0.1) is 10.4 Å². The molecule has 1 aromatic carbocycles. The average Bonchev–Trinajstić information content (AvgIpc) is 3.10. The molecule has 0 saturated carbocycles. The van der Waals surface area contributed by atoms with Gasteiger partial charge in [-0.25, -0.2) is 0 Å². The number of hydrogen-bond acceptors (Lipinski definition) is 4. The van der Waals surface area contributed by atoms with E-state index < -0.39 is 0 Å². The first-order valence-corrected chi connectivity index (χ1v) is 8.19. The molecule has 5 nitrogen and oxygen atoms in total. The molecule has 0 fully saturated rings. The van der Waals surface area contributed by atoms with Gasteiger partial charge in [0.25, 0.3) is 11.8 Å². The van der Waals surface area contributed by atoms with Gasteiger partial charge in [-0.1, -0.05) is 12.1 Å². The number of hydrogen-bond donors (Lipinski definition) is 2. The number of carbonyl (C=O) groups is 2. The van der Waals surface area contributed by atoms with Crippen molar-refractivity contribution in [1.29, 1.82) is 0 Å². The smallest absolute Gasteiger partial charge is 0.265 e. The second kappa shape index (κ2) is 7.06. The van der Waals surface area contributed by atoms with Crippen molar-refractivity contribution in [3.63, 3.8) is 0 Å². The first-order chi connectivity index (χ1) is 11.6. The number of rotatable bonds is 4. The van der Waals surface area contributed by atoms with Gasteiger partial charge in [-0.05, 0) is 48.7 Å². The van der Waals surface area contributed by atoms with Gasteiger partial charge in [0.2, 0.25) is 0 Å². The van der Waals surface area contributed by atoms with Crippen molar-refractivity contribution in [2.45, 2.75) is 6.92 Å². The Morgan fingerprint density at radius 2 is 1.71 bits per heavy atom. The zero-order valence-corrected chi connectivity index (χ0v) is 13.8. The molecule has 3 aromatic rings. The molecule has 2 heterocycles. The fourth-order valence-corrected chi connectivity index (χ4v) is 2.70. The van der Waals surface area contributed by atoms with E-state index in [4.69, 9.17) is 0 Å². The van der Waals surface area contributed by atoms with E-state index in [2.05, 4.69) is 15.6 Å². The molecule has 0 saturated heterocycles. The minimum atomic E-state index is -0.246. The summed E-state index contributed by atoms with van der Waals surface area (Å²) in [6.45, 7) is 1.86. The topological polar surface area (TPSA) is 71.1 Å². The lowest BCUT2D eigenvalue weighted by Gasteiger charge is -2.08. The average molecular weight is 337 g/mol. The first kappa shape index (κ1) is 15.9. The van der Waals surface area contributed by atoms with Gasteiger partial charge in [0.15, 0.2) is 0 Å². The fourth-order valence-electron chi connectivity index (χ4n) is 2.08. The van der Waals surface area contributed by atoms with Crippen LogP contribution >= 0.6 is 11.3 Å². The van der Waals surface area contributed by atoms with E-state index in [1.807, 2.05) is 18.4 Å². The summed E-state index contributed by atoms with van der Waals surface area (Å²) in [7, 11) is 0. The van der Waals surface area contributed by atoms with E-state index in [0.717, 1.165) is 5.69 Å². The molecule has 0 radical (unpaired) electrons. The number of thiophene rings is 1. The van der Waals surface area contributed by atoms with Gasteiger partial charge in [0, 0.05) is 23.3 Å². The Bertz CT molecular complexity index is 858. The first-order valence-electron chi connectivity index (χ1n) is 7.31. The number of benzene rings is 1. The van der Waals surface area contributed by atoms with Crippen LogP contribution in [-0.2, 0) is 0 Å². The van der Waals surface area contributed by atoms with E-state index in [1.165, 1.54) is 17.5 Å². The summed E-state index contributed by atoms with van der Waals surface area (Å²) in [5.41, 5.74) is 2.55. The maximum absolute atomic E-state index is 12.2. The summed E-state index contributed by atoms with van der Waals surface area (Å²) in [5, 5.41) is 7.46. The molecular weight excluding hydrogens is 322 g/mol. The highest BCUT2D eigenvalue weighted by Crippen LogP contribution is 2.18. The highest BCUT2D eigenvalue weighted by atomic mass is 32.1. The van der Waals surface area contributed by atoms with Crippen LogP contribution < -0.4 is 10.6 Å². The van der Waals surface area contributed by atoms with Crippen molar-refractivity contribution >= 4 is 34.5 Å². The highest BCUT2D eigenvalue weighted by molar-refractivity contribution is 7.12. The summed E-state index contributed by atoms with van der Waals surface area (Å²) >= 11 is 1.37. The van der Waals surface area contributed by atoms with E-state index in [1.54, 1.807) is 42.5 Å². The quantitative estimate of drug-likeness (QED) is 0.757. The number of aromatic nitrogens is 1. The Morgan fingerprint density at radius 1 is 0.958 bits per heavy atom. The monoisotopic (exact) mass is 337 g/mol. The molecule has 6 heteroatoms. The third-order valence-electron chi connectivity index (χ3n) is 3.30. The highest BCUT2D eigenvalue weighted by Gasteiger charge is 2.09. The summed E-state index contributed by atoms with van der Waals surface area (Å²) in [4.78, 5) is 29.0. The minimum absolute atomic E-state index is 0.170. The third kappa shape index (κ3) is 3.85. The Balaban J connectivity index is 1.70. The molecule has 0 aliphatic heterocycles. The molecule has 0 aliphatic rings. The van der Waals surface area contributed by atoms with Crippen molar-refractivity contribution < 1.29 is 9.59 Å². The molecule has 120 valence electrons. The maximum Gasteiger partial charge on any atom is 0.265 e. The van der Waals surface area contributed by atoms with Crippen LogP contribution in [0.5, 0.6) is 0 Å². The van der Waals surface area contributed by atoms with Crippen LogP contribution in [0.3, 0.4) is 0 Å². The van der Waals surface area contributed by atoms with Gasteiger partial charge in [-0.2, -0.15) is 0 Å². The molecular formula is C18H15N3O2S. The van der Waals surface area contributed by atoms with Crippen LogP contribution in [-0.4, -0.2) is 16.8 Å². The summed E-state index contributed by atoms with van der Waals surface area (Å²) in [6, 6.07) is 14.1.